The summed E-state index contributed by atoms with van der Waals surface area (Å²) >= 11 is -0.380. The Balaban J connectivity index is 1.89. The van der Waals surface area contributed by atoms with Crippen molar-refractivity contribution in [2.45, 2.75) is 176 Å². The number of alkyl halides is 6. The van der Waals surface area contributed by atoms with Crippen LogP contribution in [0.4, 0.5) is 32.0 Å². The van der Waals surface area contributed by atoms with Gasteiger partial charge >= 0.3 is 11.0 Å². The predicted molar refractivity (Wildman–Crippen MR) is 300 cm³/mol. The summed E-state index contributed by atoms with van der Waals surface area (Å²) in [4.78, 5) is -0.0248. The number of rotatable bonds is 29. The Labute approximate surface area is 424 Å². The molecule has 69 heavy (non-hydrogen) atoms. The Hall–Kier alpha value is -2.53. The van der Waals surface area contributed by atoms with Crippen LogP contribution in [0.1, 0.15) is 119 Å². The maximum atomic E-state index is 14.6. The van der Waals surface area contributed by atoms with Gasteiger partial charge in [0.2, 0.25) is 0 Å². The topological polar surface area (TPSA) is 3.24 Å². The van der Waals surface area contributed by atoms with Crippen molar-refractivity contribution >= 4 is 93.1 Å². The number of hydrogen-bond acceptors (Lipinski definition) is 3. The molecule has 13 heteroatoms. The number of hydrogen-bond donors (Lipinski definition) is 0. The van der Waals surface area contributed by atoms with Crippen LogP contribution in [0.2, 0.25) is 36.3 Å². The fourth-order valence-electron chi connectivity index (χ4n) is 9.89. The van der Waals surface area contributed by atoms with E-state index in [1.165, 1.54) is 97.3 Å². The molecule has 0 aliphatic carbocycles. The molecule has 0 fully saturated rings. The predicted octanol–water partition coefficient (Wildman–Crippen LogP) is 17.9. The van der Waals surface area contributed by atoms with E-state index in [4.69, 9.17) is 0 Å². The molecule has 0 saturated carbocycles. The van der Waals surface area contributed by atoms with Gasteiger partial charge in [0.1, 0.15) is 0 Å². The Morgan fingerprint density at radius 2 is 0.696 bits per heavy atom. The Kier molecular flexibility index (Phi) is 23.3. The highest BCUT2D eigenvalue weighted by atomic mass is 32.2. The number of unbranched alkanes of at least 4 members (excludes halogenated alkanes) is 6. The van der Waals surface area contributed by atoms with Gasteiger partial charge in [-0.05, 0) is 47.8 Å². The molecular weight excluding hydrogens is 983 g/mol. The zero-order chi connectivity index (χ0) is 49.9. The first-order valence-electron chi connectivity index (χ1n) is 25.5. The first-order chi connectivity index (χ1) is 33.2. The van der Waals surface area contributed by atoms with Crippen LogP contribution >= 0.6 is 39.7 Å². The molecule has 5 aromatic rings. The van der Waals surface area contributed by atoms with Gasteiger partial charge < -0.3 is 4.44 Å². The molecule has 5 rings (SSSR count). The minimum atomic E-state index is -4.63. The fourth-order valence-corrected chi connectivity index (χ4v) is 28.9. The van der Waals surface area contributed by atoms with E-state index in [0.29, 0.717) is 10.6 Å². The number of para-hydroxylation sites is 1. The summed E-state index contributed by atoms with van der Waals surface area (Å²) < 4.78 is 90.1. The summed E-state index contributed by atoms with van der Waals surface area (Å²) in [6.07, 6.45) is 14.0. The van der Waals surface area contributed by atoms with Gasteiger partial charge in [0, 0.05) is 36.7 Å². The Bertz CT molecular complexity index is 2070. The van der Waals surface area contributed by atoms with E-state index in [2.05, 4.69) is 94.5 Å². The van der Waals surface area contributed by atoms with Crippen molar-refractivity contribution in [3.05, 3.63) is 127 Å². The number of nitrogens with zero attached hydrogens (tertiary/aromatic N) is 1. The van der Waals surface area contributed by atoms with Crippen LogP contribution in [0.3, 0.4) is 0 Å². The molecule has 1 nitrogen and oxygen atoms in total. The van der Waals surface area contributed by atoms with Crippen LogP contribution < -0.4 is 36.0 Å². The highest BCUT2D eigenvalue weighted by molar-refractivity contribution is 8.02. The summed E-state index contributed by atoms with van der Waals surface area (Å²) in [6.45, 7) is 13.7. The van der Waals surface area contributed by atoms with Crippen molar-refractivity contribution in [2.24, 2.45) is 0 Å². The van der Waals surface area contributed by atoms with Gasteiger partial charge in [0.15, 0.2) is 0 Å². The van der Waals surface area contributed by atoms with Crippen LogP contribution in [-0.4, -0.2) is 27.2 Å². The van der Waals surface area contributed by atoms with Gasteiger partial charge in [-0.15, -0.1) is 0 Å². The molecule has 0 atom stereocenters. The second-order valence-corrected chi connectivity index (χ2v) is 34.4. The third-order valence-corrected chi connectivity index (χ3v) is 32.0. The first-order valence-corrected chi connectivity index (χ1v) is 35.0. The van der Waals surface area contributed by atoms with E-state index >= 15 is 0 Å². The monoisotopic (exact) mass is 1060 g/mol. The van der Waals surface area contributed by atoms with Gasteiger partial charge in [-0.2, -0.15) is 26.3 Å². The molecule has 0 aliphatic heterocycles. The van der Waals surface area contributed by atoms with E-state index in [0.717, 1.165) is 54.8 Å². The molecule has 0 amide bonds. The summed E-state index contributed by atoms with van der Waals surface area (Å²) in [5.74, 6) is 0. The minimum absolute atomic E-state index is 0.0124. The van der Waals surface area contributed by atoms with Crippen LogP contribution in [-0.2, 0) is 0 Å². The lowest BCUT2D eigenvalue weighted by atomic mass is 10.3. The van der Waals surface area contributed by atoms with Crippen LogP contribution in [0.15, 0.2) is 137 Å². The second-order valence-electron chi connectivity index (χ2n) is 18.6. The standard InChI is InChI=1S/C56H75F6NP2S2Si2/c1-7-13-40-68(41-14-8-2,42-15-9-3)49-36-32-47(33-37-49)64(48-34-38-50(39-35-48)69(43-16-10-4,44-17-11-5)45-18-12-6)63(46-26-20-19-21-27-46)65(51-28-22-24-30-53(51)66-55(57,58)59)52-29-23-25-31-54(52)67-56(60,61)62/h19-39H,7-18,40-45H2,1-6H3. The van der Waals surface area contributed by atoms with Gasteiger partial charge in [-0.3, -0.25) is 0 Å². The largest absolute Gasteiger partial charge is 0.446 e. The zero-order valence-corrected chi connectivity index (χ0v) is 47.2. The third kappa shape index (κ3) is 16.2. The molecule has 5 aromatic carbocycles. The van der Waals surface area contributed by atoms with Crippen molar-refractivity contribution in [3.63, 3.8) is 0 Å². The molecule has 0 saturated heterocycles. The average molecular weight is 1060 g/mol. The lowest BCUT2D eigenvalue weighted by Crippen LogP contribution is -2.48. The van der Waals surface area contributed by atoms with Crippen LogP contribution in [0.25, 0.3) is 0 Å². The summed E-state index contributed by atoms with van der Waals surface area (Å²) in [7, 11) is -7.57. The highest BCUT2D eigenvalue weighted by Crippen LogP contribution is 2.59. The third-order valence-electron chi connectivity index (χ3n) is 13.5. The van der Waals surface area contributed by atoms with Crippen molar-refractivity contribution in [1.82, 2.24) is 0 Å². The van der Waals surface area contributed by atoms with Gasteiger partial charge in [-0.1, -0.05) is 268 Å². The molecular formula is C56H75F6NP2S2Si2. The molecule has 0 aliphatic rings. The smallest absolute Gasteiger partial charge is 0.313 e. The summed E-state index contributed by atoms with van der Waals surface area (Å²) in [5, 5.41) is 5.69. The first kappa shape index (κ1) is 57.4. The lowest BCUT2D eigenvalue weighted by Gasteiger charge is -2.42. The zero-order valence-electron chi connectivity index (χ0n) is 41.8. The van der Waals surface area contributed by atoms with E-state index < -0.39 is 43.3 Å². The molecule has 0 N–H and O–H groups in total. The number of halogens is 6. The van der Waals surface area contributed by atoms with E-state index in [9.17, 15) is 26.3 Å². The molecule has 0 bridgehead atoms. The number of thioether (sulfide) groups is 2. The number of anilines is 1. The highest BCUT2D eigenvalue weighted by Gasteiger charge is 2.41. The van der Waals surface area contributed by atoms with Crippen molar-refractivity contribution in [1.29, 1.82) is 0 Å². The Morgan fingerprint density at radius 3 is 1.00 bits per heavy atom. The van der Waals surface area contributed by atoms with E-state index in [1.54, 1.807) is 36.4 Å². The quantitative estimate of drug-likeness (QED) is 0.0203. The molecule has 0 heterocycles. The molecule has 0 unspecified atom stereocenters. The van der Waals surface area contributed by atoms with Gasteiger partial charge in [0.05, 0.1) is 32.3 Å². The molecule has 0 radical (unpaired) electrons. The van der Waals surface area contributed by atoms with Crippen LogP contribution in [0.5, 0.6) is 0 Å². The Morgan fingerprint density at radius 1 is 0.391 bits per heavy atom. The van der Waals surface area contributed by atoms with Crippen molar-refractivity contribution < 1.29 is 26.3 Å². The maximum Gasteiger partial charge on any atom is 0.446 e. The van der Waals surface area contributed by atoms with E-state index in [-0.39, 0.29) is 33.3 Å². The SMILES string of the molecule is CCCC[Si](CCCC)(CCCC)c1ccc(P(c2ccc([Si](CCCC)(CCCC)CCCC)cc2)N(c2ccccc2)P(c2ccccc2SC(F)(F)F)c2ccccc2SC(F)(F)F)cc1. The number of benzene rings is 5. The molecule has 0 aromatic heterocycles. The fraction of sp³-hybridized carbons (Fsp3) is 0.464. The van der Waals surface area contributed by atoms with Crippen LogP contribution in [0, 0.1) is 0 Å². The minimum Gasteiger partial charge on any atom is -0.313 e. The maximum absolute atomic E-state index is 14.6. The summed E-state index contributed by atoms with van der Waals surface area (Å²) in [5.41, 5.74) is -8.51. The normalized spacial score (nSPS) is 12.6. The van der Waals surface area contributed by atoms with Crippen molar-refractivity contribution in [3.8, 4) is 0 Å². The van der Waals surface area contributed by atoms with E-state index in [1.807, 2.05) is 30.3 Å². The summed E-state index contributed by atoms with van der Waals surface area (Å²) in [6, 6.07) is 48.7. The average Bonchev–Trinajstić information content (AvgIpc) is 3.34. The molecule has 0 spiro atoms. The molecule has 376 valence electrons. The van der Waals surface area contributed by atoms with Gasteiger partial charge in [-0.25, -0.2) is 0 Å². The van der Waals surface area contributed by atoms with Gasteiger partial charge in [0.25, 0.3) is 0 Å². The lowest BCUT2D eigenvalue weighted by molar-refractivity contribution is -0.0336. The van der Waals surface area contributed by atoms with Crippen molar-refractivity contribution in [2.75, 3.05) is 4.44 Å². The second kappa shape index (κ2) is 28.1.